The van der Waals surface area contributed by atoms with Gasteiger partial charge in [0.1, 0.15) is 11.9 Å². The number of benzene rings is 1. The minimum Gasteiger partial charge on any atom is -0.353 e. The zero-order valence-electron chi connectivity index (χ0n) is 24.3. The van der Waals surface area contributed by atoms with Gasteiger partial charge in [-0.25, -0.2) is 4.98 Å². The lowest BCUT2D eigenvalue weighted by Crippen LogP contribution is -2.54. The molecule has 2 aliphatic rings. The molecule has 0 bridgehead atoms. The standard InChI is InChI=1S/C32H35ClN6O3/c1-5-27-30(32(42)38-10-9-36(16-21(38)4)28-8-7-22(14-34)15-35-28)26-13-24(33)11-20(3)31(26)39(27)19-25(40)12-23-17-37(18-23)29(41)6-2/h6-8,11,13,15,21,23H,2,5,9-10,12,16-19H2,1,3-4H3. The number of piperazine rings is 1. The van der Waals surface area contributed by atoms with Crippen LogP contribution in [0.3, 0.4) is 0 Å². The predicted molar refractivity (Wildman–Crippen MR) is 163 cm³/mol. The summed E-state index contributed by atoms with van der Waals surface area (Å²) >= 11 is 6.51. The summed E-state index contributed by atoms with van der Waals surface area (Å²) in [4.78, 5) is 49.5. The van der Waals surface area contributed by atoms with Gasteiger partial charge < -0.3 is 19.3 Å². The summed E-state index contributed by atoms with van der Waals surface area (Å²) in [5.41, 5.74) is 3.71. The van der Waals surface area contributed by atoms with E-state index in [2.05, 4.69) is 22.5 Å². The van der Waals surface area contributed by atoms with Crippen LogP contribution in [0.15, 0.2) is 43.1 Å². The molecule has 0 spiro atoms. The number of hydrogen-bond acceptors (Lipinski definition) is 6. The van der Waals surface area contributed by atoms with Crippen LogP contribution in [0.4, 0.5) is 5.82 Å². The Morgan fingerprint density at radius 1 is 1.19 bits per heavy atom. The highest BCUT2D eigenvalue weighted by atomic mass is 35.5. The summed E-state index contributed by atoms with van der Waals surface area (Å²) in [7, 11) is 0. The Kier molecular flexibility index (Phi) is 8.37. The fourth-order valence-corrected chi connectivity index (χ4v) is 6.58. The number of amides is 2. The van der Waals surface area contributed by atoms with E-state index >= 15 is 0 Å². The van der Waals surface area contributed by atoms with Crippen LogP contribution in [0.2, 0.25) is 5.02 Å². The van der Waals surface area contributed by atoms with Gasteiger partial charge in [0.05, 0.1) is 23.2 Å². The van der Waals surface area contributed by atoms with Gasteiger partial charge in [0, 0.05) is 73.4 Å². The number of carbonyl (C=O) groups is 3. The lowest BCUT2D eigenvalue weighted by Gasteiger charge is -2.40. The number of carbonyl (C=O) groups excluding carboxylic acids is 3. The van der Waals surface area contributed by atoms with Gasteiger partial charge in [0.25, 0.3) is 5.91 Å². The number of ketones is 1. The van der Waals surface area contributed by atoms with Crippen molar-refractivity contribution in [3.63, 3.8) is 0 Å². The van der Waals surface area contributed by atoms with Gasteiger partial charge >= 0.3 is 0 Å². The minimum atomic E-state index is -0.109. The zero-order valence-corrected chi connectivity index (χ0v) is 25.0. The van der Waals surface area contributed by atoms with Crippen molar-refractivity contribution in [1.29, 1.82) is 5.26 Å². The largest absolute Gasteiger partial charge is 0.353 e. The first-order valence-electron chi connectivity index (χ1n) is 14.3. The molecule has 1 unspecified atom stereocenters. The molecule has 3 aromatic rings. The van der Waals surface area contributed by atoms with Crippen LogP contribution in [-0.2, 0) is 22.6 Å². The van der Waals surface area contributed by atoms with Crippen LogP contribution in [0, 0.1) is 24.2 Å². The molecule has 0 aliphatic carbocycles. The van der Waals surface area contributed by atoms with Gasteiger partial charge in [-0.05, 0) is 56.2 Å². The summed E-state index contributed by atoms with van der Waals surface area (Å²) in [6.07, 6.45) is 3.82. The maximum Gasteiger partial charge on any atom is 0.256 e. The van der Waals surface area contributed by atoms with Crippen molar-refractivity contribution >= 4 is 45.9 Å². The van der Waals surface area contributed by atoms with Crippen molar-refractivity contribution in [2.24, 2.45) is 5.92 Å². The van der Waals surface area contributed by atoms with Crippen molar-refractivity contribution in [3.8, 4) is 6.07 Å². The number of nitriles is 1. The molecule has 2 fully saturated rings. The lowest BCUT2D eigenvalue weighted by atomic mass is 9.94. The number of hydrogen-bond donors (Lipinski definition) is 0. The molecule has 1 atom stereocenters. The summed E-state index contributed by atoms with van der Waals surface area (Å²) in [5.74, 6) is 0.808. The molecule has 9 nitrogen and oxygen atoms in total. The van der Waals surface area contributed by atoms with Crippen LogP contribution in [-0.4, -0.2) is 75.7 Å². The normalized spacial score (nSPS) is 17.2. The topological polar surface area (TPSA) is 103 Å². The number of nitrogens with zero attached hydrogens (tertiary/aromatic N) is 6. The van der Waals surface area contributed by atoms with Crippen LogP contribution in [0.25, 0.3) is 10.9 Å². The summed E-state index contributed by atoms with van der Waals surface area (Å²) < 4.78 is 2.00. The quantitative estimate of drug-likeness (QED) is 0.363. The Balaban J connectivity index is 1.40. The SMILES string of the molecule is C=CC(=O)N1CC(CC(=O)Cn2c(CC)c(C(=O)N3CCN(c4ccc(C#N)cn4)CC3C)c3cc(Cl)cc(C)c32)C1. The maximum atomic E-state index is 14.3. The second-order valence-corrected chi connectivity index (χ2v) is 11.7. The Labute approximate surface area is 251 Å². The van der Waals surface area contributed by atoms with E-state index in [1.165, 1.54) is 6.08 Å². The number of aryl methyl sites for hydroxylation is 1. The monoisotopic (exact) mass is 586 g/mol. The van der Waals surface area contributed by atoms with Gasteiger partial charge in [0.2, 0.25) is 5.91 Å². The molecule has 5 rings (SSSR count). The second-order valence-electron chi connectivity index (χ2n) is 11.2. The molecular weight excluding hydrogens is 552 g/mol. The molecule has 10 heteroatoms. The van der Waals surface area contributed by atoms with Crippen molar-refractivity contribution in [3.05, 3.63) is 70.5 Å². The smallest absolute Gasteiger partial charge is 0.256 e. The maximum absolute atomic E-state index is 14.3. The van der Waals surface area contributed by atoms with Crippen LogP contribution in [0.1, 0.15) is 47.4 Å². The van der Waals surface area contributed by atoms with Crippen molar-refractivity contribution < 1.29 is 14.4 Å². The third-order valence-electron chi connectivity index (χ3n) is 8.35. The lowest BCUT2D eigenvalue weighted by molar-refractivity contribution is -0.134. The molecule has 1 aromatic carbocycles. The first-order valence-corrected chi connectivity index (χ1v) is 14.7. The molecule has 2 aliphatic heterocycles. The molecular formula is C32H35ClN6O3. The Bertz CT molecular complexity index is 1600. The molecule has 2 saturated heterocycles. The van der Waals surface area contributed by atoms with Gasteiger partial charge in [-0.15, -0.1) is 0 Å². The number of anilines is 1. The second kappa shape index (κ2) is 12.0. The third kappa shape index (κ3) is 5.51. The van der Waals surface area contributed by atoms with E-state index in [1.54, 1.807) is 17.2 Å². The van der Waals surface area contributed by atoms with Crippen molar-refractivity contribution in [1.82, 2.24) is 19.4 Å². The molecule has 0 saturated carbocycles. The van der Waals surface area contributed by atoms with E-state index in [0.29, 0.717) is 61.7 Å². The van der Waals surface area contributed by atoms with Gasteiger partial charge in [-0.2, -0.15) is 5.26 Å². The molecule has 42 heavy (non-hydrogen) atoms. The van der Waals surface area contributed by atoms with E-state index < -0.39 is 0 Å². The van der Waals surface area contributed by atoms with E-state index in [0.717, 1.165) is 28.0 Å². The Hall–Kier alpha value is -4.16. The highest BCUT2D eigenvalue weighted by Gasteiger charge is 2.34. The fourth-order valence-electron chi connectivity index (χ4n) is 6.31. The van der Waals surface area contributed by atoms with Crippen molar-refractivity contribution in [2.45, 2.75) is 46.2 Å². The first-order chi connectivity index (χ1) is 20.1. The van der Waals surface area contributed by atoms with Crippen molar-refractivity contribution in [2.75, 3.05) is 37.6 Å². The van der Waals surface area contributed by atoms with E-state index in [1.807, 2.05) is 48.4 Å². The average Bonchev–Trinajstić information content (AvgIpc) is 3.26. The number of pyridine rings is 1. The predicted octanol–water partition coefficient (Wildman–Crippen LogP) is 4.39. The molecule has 0 N–H and O–H groups in total. The average molecular weight is 587 g/mol. The van der Waals surface area contributed by atoms with Gasteiger partial charge in [-0.3, -0.25) is 14.4 Å². The molecule has 0 radical (unpaired) electrons. The number of rotatable bonds is 8. The number of likely N-dealkylation sites (tertiary alicyclic amines) is 1. The summed E-state index contributed by atoms with van der Waals surface area (Å²) in [6.45, 7) is 12.5. The minimum absolute atomic E-state index is 0.0674. The van der Waals surface area contributed by atoms with Crippen LogP contribution >= 0.6 is 11.6 Å². The Morgan fingerprint density at radius 3 is 2.57 bits per heavy atom. The molecule has 4 heterocycles. The van der Waals surface area contributed by atoms with Crippen LogP contribution in [0.5, 0.6) is 0 Å². The molecule has 2 amide bonds. The number of aromatic nitrogens is 2. The first kappa shape index (κ1) is 29.3. The highest BCUT2D eigenvalue weighted by Crippen LogP contribution is 2.34. The van der Waals surface area contributed by atoms with E-state index in [4.69, 9.17) is 16.9 Å². The molecule has 2 aromatic heterocycles. The van der Waals surface area contributed by atoms with Gasteiger partial charge in [-0.1, -0.05) is 25.1 Å². The molecule has 218 valence electrons. The highest BCUT2D eigenvalue weighted by molar-refractivity contribution is 6.31. The fraction of sp³-hybridized carbons (Fsp3) is 0.406. The number of halogens is 1. The zero-order chi connectivity index (χ0) is 30.1. The number of Topliss-reactive ketones (excluding diaryl/α,β-unsaturated/α-hetero) is 1. The third-order valence-corrected chi connectivity index (χ3v) is 8.57. The van der Waals surface area contributed by atoms with Gasteiger partial charge in [0.15, 0.2) is 5.78 Å². The Morgan fingerprint density at radius 2 is 1.95 bits per heavy atom. The van der Waals surface area contributed by atoms with E-state index in [-0.39, 0.29) is 36.1 Å². The summed E-state index contributed by atoms with van der Waals surface area (Å²) in [5, 5.41) is 10.4. The summed E-state index contributed by atoms with van der Waals surface area (Å²) in [6, 6.07) is 9.30. The number of fused-ring (bicyclic) bond motifs is 1. The van der Waals surface area contributed by atoms with Crippen LogP contribution < -0.4 is 4.90 Å². The van der Waals surface area contributed by atoms with E-state index in [9.17, 15) is 14.4 Å².